The Kier molecular flexibility index (Phi) is 9.19. The maximum Gasteiger partial charge on any atom is 0.191 e. The fraction of sp³-hybridized carbons (Fsp3) is 0.500. The molecule has 0 radical (unpaired) electrons. The van der Waals surface area contributed by atoms with Crippen molar-refractivity contribution in [1.82, 2.24) is 10.6 Å². The van der Waals surface area contributed by atoms with Gasteiger partial charge in [0.15, 0.2) is 15.8 Å². The molecule has 0 bridgehead atoms. The monoisotopic (exact) mass is 493 g/mol. The van der Waals surface area contributed by atoms with Gasteiger partial charge in [0.1, 0.15) is 0 Å². The standard InChI is InChI=1S/C14H21Cl2N3O2S.HI/c1-14(2,22(4,20)21)9-19-13(17-3)18-8-10-5-6-11(15)7-12(10)16;/h5-7H,8-9H2,1-4H3,(H2,17,18,19);1H. The number of aliphatic imine (C=N–C) groups is 1. The third kappa shape index (κ3) is 7.03. The molecule has 1 aromatic rings. The molecule has 0 saturated carbocycles. The minimum atomic E-state index is -3.17. The summed E-state index contributed by atoms with van der Waals surface area (Å²) in [7, 11) is -1.55. The quantitative estimate of drug-likeness (QED) is 0.375. The molecule has 9 heteroatoms. The molecule has 2 N–H and O–H groups in total. The molecule has 0 spiro atoms. The molecule has 0 fully saturated rings. The van der Waals surface area contributed by atoms with Crippen LogP contribution in [-0.2, 0) is 16.4 Å². The Labute approximate surface area is 165 Å². The van der Waals surface area contributed by atoms with Crippen LogP contribution in [0.1, 0.15) is 19.4 Å². The molecule has 0 aliphatic heterocycles. The predicted molar refractivity (Wildman–Crippen MR) is 109 cm³/mol. The fourth-order valence-corrected chi connectivity index (χ4v) is 2.30. The Morgan fingerprint density at radius 2 is 1.87 bits per heavy atom. The SMILES string of the molecule is CN=C(NCc1ccc(Cl)cc1Cl)NCC(C)(C)S(C)(=O)=O.I. The molecule has 1 rings (SSSR count). The van der Waals surface area contributed by atoms with Gasteiger partial charge in [0.2, 0.25) is 0 Å². The number of benzene rings is 1. The van der Waals surface area contributed by atoms with E-state index in [0.717, 1.165) is 5.56 Å². The molecule has 0 saturated heterocycles. The van der Waals surface area contributed by atoms with Gasteiger partial charge in [-0.15, -0.1) is 24.0 Å². The Hall–Kier alpha value is -0.250. The number of halogens is 3. The summed E-state index contributed by atoms with van der Waals surface area (Å²) < 4.78 is 22.5. The lowest BCUT2D eigenvalue weighted by Gasteiger charge is -2.24. The van der Waals surface area contributed by atoms with E-state index in [1.165, 1.54) is 6.26 Å². The number of hydrogen-bond acceptors (Lipinski definition) is 3. The fourth-order valence-electron chi connectivity index (χ4n) is 1.49. The Morgan fingerprint density at radius 1 is 1.26 bits per heavy atom. The van der Waals surface area contributed by atoms with Crippen LogP contribution in [0.4, 0.5) is 0 Å². The summed E-state index contributed by atoms with van der Waals surface area (Å²) in [5, 5.41) is 7.23. The third-order valence-corrected chi connectivity index (χ3v) is 6.11. The largest absolute Gasteiger partial charge is 0.355 e. The Morgan fingerprint density at radius 3 is 2.35 bits per heavy atom. The van der Waals surface area contributed by atoms with Crippen molar-refractivity contribution in [3.8, 4) is 0 Å². The van der Waals surface area contributed by atoms with Crippen molar-refractivity contribution < 1.29 is 8.42 Å². The first kappa shape index (κ1) is 22.8. The van der Waals surface area contributed by atoms with Crippen molar-refractivity contribution in [2.24, 2.45) is 4.99 Å². The van der Waals surface area contributed by atoms with Gasteiger partial charge in [0, 0.05) is 36.4 Å². The second-order valence-electron chi connectivity index (χ2n) is 5.55. The van der Waals surface area contributed by atoms with E-state index in [4.69, 9.17) is 23.2 Å². The van der Waals surface area contributed by atoms with Crippen molar-refractivity contribution in [3.63, 3.8) is 0 Å². The maximum absolute atomic E-state index is 11.7. The molecule has 0 atom stereocenters. The topological polar surface area (TPSA) is 70.6 Å². The number of guanidine groups is 1. The average molecular weight is 494 g/mol. The lowest BCUT2D eigenvalue weighted by atomic mass is 10.2. The summed E-state index contributed by atoms with van der Waals surface area (Å²) in [6.45, 7) is 4.03. The summed E-state index contributed by atoms with van der Waals surface area (Å²) in [5.41, 5.74) is 0.872. The first-order valence-electron chi connectivity index (χ1n) is 6.65. The van der Waals surface area contributed by atoms with E-state index in [9.17, 15) is 8.42 Å². The highest BCUT2D eigenvalue weighted by molar-refractivity contribution is 14.0. The van der Waals surface area contributed by atoms with E-state index in [-0.39, 0.29) is 30.5 Å². The van der Waals surface area contributed by atoms with E-state index in [1.54, 1.807) is 33.0 Å². The number of nitrogens with one attached hydrogen (secondary N) is 2. The van der Waals surface area contributed by atoms with Crippen LogP contribution < -0.4 is 10.6 Å². The lowest BCUT2D eigenvalue weighted by molar-refractivity contribution is 0.544. The normalized spacial score (nSPS) is 12.5. The number of hydrogen-bond donors (Lipinski definition) is 2. The molecule has 0 aliphatic carbocycles. The van der Waals surface area contributed by atoms with Gasteiger partial charge in [-0.3, -0.25) is 4.99 Å². The van der Waals surface area contributed by atoms with Crippen molar-refractivity contribution in [1.29, 1.82) is 0 Å². The zero-order chi connectivity index (χ0) is 17.0. The van der Waals surface area contributed by atoms with Crippen LogP contribution in [0.15, 0.2) is 23.2 Å². The zero-order valence-corrected chi connectivity index (χ0v) is 18.1. The predicted octanol–water partition coefficient (Wildman–Crippen LogP) is 3.10. The molecule has 0 heterocycles. The maximum atomic E-state index is 11.7. The van der Waals surface area contributed by atoms with Gasteiger partial charge in [-0.05, 0) is 31.5 Å². The number of nitrogens with zero attached hydrogens (tertiary/aromatic N) is 1. The van der Waals surface area contributed by atoms with Crippen molar-refractivity contribution >= 4 is 63.0 Å². The van der Waals surface area contributed by atoms with Gasteiger partial charge in [0.25, 0.3) is 0 Å². The summed E-state index contributed by atoms with van der Waals surface area (Å²) >= 11 is 12.0. The Balaban J connectivity index is 0.00000484. The molecule has 132 valence electrons. The third-order valence-electron chi connectivity index (χ3n) is 3.37. The van der Waals surface area contributed by atoms with E-state index in [0.29, 0.717) is 22.5 Å². The second kappa shape index (κ2) is 9.29. The molecular weight excluding hydrogens is 472 g/mol. The summed E-state index contributed by atoms with van der Waals surface area (Å²) in [4.78, 5) is 4.07. The molecule has 1 aromatic carbocycles. The minimum Gasteiger partial charge on any atom is -0.355 e. The van der Waals surface area contributed by atoms with Crippen LogP contribution in [0.25, 0.3) is 0 Å². The van der Waals surface area contributed by atoms with Crippen molar-refractivity contribution in [2.45, 2.75) is 25.1 Å². The smallest absolute Gasteiger partial charge is 0.191 e. The average Bonchev–Trinajstić information content (AvgIpc) is 2.39. The van der Waals surface area contributed by atoms with Gasteiger partial charge in [-0.25, -0.2) is 8.42 Å². The van der Waals surface area contributed by atoms with E-state index in [2.05, 4.69) is 15.6 Å². The van der Waals surface area contributed by atoms with E-state index >= 15 is 0 Å². The van der Waals surface area contributed by atoms with Gasteiger partial charge >= 0.3 is 0 Å². The first-order chi connectivity index (χ1) is 10.1. The molecule has 0 aromatic heterocycles. The summed E-state index contributed by atoms with van der Waals surface area (Å²) in [6, 6.07) is 5.25. The molecule has 23 heavy (non-hydrogen) atoms. The van der Waals surface area contributed by atoms with Crippen LogP contribution >= 0.6 is 47.2 Å². The highest BCUT2D eigenvalue weighted by Gasteiger charge is 2.30. The molecule has 0 amide bonds. The summed E-state index contributed by atoms with van der Waals surface area (Å²) in [5.74, 6) is 0.503. The van der Waals surface area contributed by atoms with Gasteiger partial charge in [0.05, 0.1) is 4.75 Å². The lowest BCUT2D eigenvalue weighted by Crippen LogP contribution is -2.47. The summed E-state index contributed by atoms with van der Waals surface area (Å²) in [6.07, 6.45) is 1.22. The molecular formula is C14H22Cl2IN3O2S. The van der Waals surface area contributed by atoms with Gasteiger partial charge in [-0.1, -0.05) is 29.3 Å². The first-order valence-corrected chi connectivity index (χ1v) is 9.29. The van der Waals surface area contributed by atoms with E-state index in [1.807, 2.05) is 6.07 Å². The van der Waals surface area contributed by atoms with Crippen molar-refractivity contribution in [3.05, 3.63) is 33.8 Å². The van der Waals surface area contributed by atoms with Gasteiger partial charge in [-0.2, -0.15) is 0 Å². The Bertz CT molecular complexity index is 664. The van der Waals surface area contributed by atoms with Crippen molar-refractivity contribution in [2.75, 3.05) is 19.8 Å². The van der Waals surface area contributed by atoms with Gasteiger partial charge < -0.3 is 10.6 Å². The number of sulfone groups is 1. The minimum absolute atomic E-state index is 0. The number of rotatable bonds is 5. The second-order valence-corrected chi connectivity index (χ2v) is 9.04. The zero-order valence-electron chi connectivity index (χ0n) is 13.5. The van der Waals surface area contributed by atoms with Crippen LogP contribution in [-0.4, -0.2) is 39.0 Å². The highest BCUT2D eigenvalue weighted by Crippen LogP contribution is 2.20. The van der Waals surface area contributed by atoms with Crippen LogP contribution in [0, 0.1) is 0 Å². The highest BCUT2D eigenvalue weighted by atomic mass is 127. The molecule has 0 aliphatic rings. The molecule has 0 unspecified atom stereocenters. The van der Waals surface area contributed by atoms with Crippen LogP contribution in [0.3, 0.4) is 0 Å². The van der Waals surface area contributed by atoms with Crippen LogP contribution in [0.2, 0.25) is 10.0 Å². The van der Waals surface area contributed by atoms with Crippen LogP contribution in [0.5, 0.6) is 0 Å². The molecule has 5 nitrogen and oxygen atoms in total. The van der Waals surface area contributed by atoms with E-state index < -0.39 is 14.6 Å².